The quantitative estimate of drug-likeness (QED) is 0.732. The molecular formula is C20H26N2O2. The van der Waals surface area contributed by atoms with E-state index in [0.29, 0.717) is 12.8 Å². The summed E-state index contributed by atoms with van der Waals surface area (Å²) in [5, 5.41) is 13.1. The Balaban J connectivity index is 1.82. The molecule has 0 unspecified atom stereocenters. The van der Waals surface area contributed by atoms with Gasteiger partial charge in [-0.2, -0.15) is 0 Å². The number of amides is 1. The van der Waals surface area contributed by atoms with E-state index in [1.54, 1.807) is 0 Å². The third-order valence-electron chi connectivity index (χ3n) is 4.22. The number of rotatable bonds is 7. The maximum Gasteiger partial charge on any atom is 0.224 e. The van der Waals surface area contributed by atoms with E-state index < -0.39 is 6.10 Å². The van der Waals surface area contributed by atoms with Gasteiger partial charge in [0.15, 0.2) is 0 Å². The van der Waals surface area contributed by atoms with Crippen molar-refractivity contribution < 1.29 is 9.90 Å². The van der Waals surface area contributed by atoms with Gasteiger partial charge in [-0.15, -0.1) is 0 Å². The predicted molar refractivity (Wildman–Crippen MR) is 97.9 cm³/mol. The molecule has 0 spiro atoms. The van der Waals surface area contributed by atoms with Crippen molar-refractivity contribution in [3.63, 3.8) is 0 Å². The van der Waals surface area contributed by atoms with E-state index in [4.69, 9.17) is 5.73 Å². The summed E-state index contributed by atoms with van der Waals surface area (Å²) in [5.74, 6) is -0.0987. The number of aryl methyl sites for hydroxylation is 2. The van der Waals surface area contributed by atoms with Gasteiger partial charge in [-0.3, -0.25) is 4.79 Å². The molecule has 4 heteroatoms. The van der Waals surface area contributed by atoms with Gasteiger partial charge in [-0.1, -0.05) is 48.5 Å². The summed E-state index contributed by atoms with van der Waals surface area (Å²) in [6.45, 7) is 3.93. The number of nitrogens with one attached hydrogen (secondary N) is 1. The maximum absolute atomic E-state index is 12.1. The monoisotopic (exact) mass is 326 g/mol. The van der Waals surface area contributed by atoms with Crippen LogP contribution in [0.3, 0.4) is 0 Å². The van der Waals surface area contributed by atoms with Crippen LogP contribution in [0.5, 0.6) is 0 Å². The van der Waals surface area contributed by atoms with Crippen molar-refractivity contribution >= 4 is 11.6 Å². The number of aliphatic hydroxyl groups excluding tert-OH is 1. The van der Waals surface area contributed by atoms with Gasteiger partial charge >= 0.3 is 0 Å². The number of nitrogens with two attached hydrogens (primary N) is 1. The molecular weight excluding hydrogens is 300 g/mol. The van der Waals surface area contributed by atoms with Gasteiger partial charge in [0.25, 0.3) is 0 Å². The zero-order valence-corrected chi connectivity index (χ0v) is 14.3. The van der Waals surface area contributed by atoms with Crippen molar-refractivity contribution in [2.24, 2.45) is 5.73 Å². The average Bonchev–Trinajstić information content (AvgIpc) is 2.57. The van der Waals surface area contributed by atoms with Crippen LogP contribution in [-0.2, 0) is 11.2 Å². The lowest BCUT2D eigenvalue weighted by molar-refractivity contribution is -0.116. The Morgan fingerprint density at radius 1 is 1.08 bits per heavy atom. The van der Waals surface area contributed by atoms with Gasteiger partial charge in [-0.05, 0) is 43.4 Å². The van der Waals surface area contributed by atoms with E-state index >= 15 is 0 Å². The van der Waals surface area contributed by atoms with Crippen molar-refractivity contribution in [1.82, 2.24) is 0 Å². The molecule has 0 saturated heterocycles. The summed E-state index contributed by atoms with van der Waals surface area (Å²) in [6, 6.07) is 15.3. The standard InChI is InChI=1S/C20H26N2O2/c1-14-7-6-8-15(2)20(14)22-19(24)12-11-18(23)17(21)13-16-9-4-3-5-10-16/h3-10,17-18,23H,11-13,21H2,1-2H3,(H,22,24)/t17-,18-/m0/s1. The van der Waals surface area contributed by atoms with Crippen molar-refractivity contribution in [1.29, 1.82) is 0 Å². The van der Waals surface area contributed by atoms with Crippen LogP contribution < -0.4 is 11.1 Å². The van der Waals surface area contributed by atoms with Crippen LogP contribution in [0.4, 0.5) is 5.69 Å². The molecule has 4 N–H and O–H groups in total. The number of hydrogen-bond acceptors (Lipinski definition) is 3. The van der Waals surface area contributed by atoms with Crippen LogP contribution in [0, 0.1) is 13.8 Å². The molecule has 0 aliphatic heterocycles. The second-order valence-electron chi connectivity index (χ2n) is 6.27. The Labute approximate surface area is 143 Å². The fraction of sp³-hybridized carbons (Fsp3) is 0.350. The van der Waals surface area contributed by atoms with E-state index in [1.807, 2.05) is 62.4 Å². The van der Waals surface area contributed by atoms with E-state index in [1.165, 1.54) is 0 Å². The highest BCUT2D eigenvalue weighted by Gasteiger charge is 2.17. The number of para-hydroxylation sites is 1. The first-order valence-electron chi connectivity index (χ1n) is 8.31. The summed E-state index contributed by atoms with van der Waals surface area (Å²) >= 11 is 0. The molecule has 0 aliphatic carbocycles. The summed E-state index contributed by atoms with van der Waals surface area (Å²) < 4.78 is 0. The van der Waals surface area contributed by atoms with Gasteiger partial charge in [0.2, 0.25) is 5.91 Å². The summed E-state index contributed by atoms with van der Waals surface area (Å²) in [6.07, 6.45) is 0.497. The minimum absolute atomic E-state index is 0.0987. The smallest absolute Gasteiger partial charge is 0.224 e. The summed E-state index contributed by atoms with van der Waals surface area (Å²) in [7, 11) is 0. The average molecular weight is 326 g/mol. The molecule has 2 aromatic carbocycles. The first-order chi connectivity index (χ1) is 11.5. The van der Waals surface area contributed by atoms with E-state index in [9.17, 15) is 9.90 Å². The normalized spacial score (nSPS) is 13.3. The minimum atomic E-state index is -0.700. The van der Waals surface area contributed by atoms with Crippen molar-refractivity contribution in [3.05, 3.63) is 65.2 Å². The Bertz CT molecular complexity index is 650. The van der Waals surface area contributed by atoms with Gasteiger partial charge in [0, 0.05) is 18.2 Å². The van der Waals surface area contributed by atoms with Crippen LogP contribution in [0.2, 0.25) is 0 Å². The van der Waals surface area contributed by atoms with Gasteiger partial charge in [-0.25, -0.2) is 0 Å². The molecule has 0 aliphatic rings. The van der Waals surface area contributed by atoms with E-state index in [0.717, 1.165) is 22.4 Å². The molecule has 0 radical (unpaired) electrons. The third-order valence-corrected chi connectivity index (χ3v) is 4.22. The molecule has 24 heavy (non-hydrogen) atoms. The second-order valence-corrected chi connectivity index (χ2v) is 6.27. The van der Waals surface area contributed by atoms with Crippen molar-refractivity contribution in [2.45, 2.75) is 45.3 Å². The Morgan fingerprint density at radius 3 is 2.33 bits per heavy atom. The van der Waals surface area contributed by atoms with Crippen LogP contribution >= 0.6 is 0 Å². The Morgan fingerprint density at radius 2 is 1.71 bits per heavy atom. The van der Waals surface area contributed by atoms with Crippen LogP contribution in [0.1, 0.15) is 29.5 Å². The van der Waals surface area contributed by atoms with Gasteiger partial charge < -0.3 is 16.2 Å². The summed E-state index contributed by atoms with van der Waals surface area (Å²) in [4.78, 5) is 12.1. The number of benzene rings is 2. The number of carbonyl (C=O) groups excluding carboxylic acids is 1. The fourth-order valence-corrected chi connectivity index (χ4v) is 2.73. The molecule has 2 rings (SSSR count). The highest BCUT2D eigenvalue weighted by Crippen LogP contribution is 2.20. The summed E-state index contributed by atoms with van der Waals surface area (Å²) in [5.41, 5.74) is 10.1. The molecule has 0 saturated carbocycles. The zero-order valence-electron chi connectivity index (χ0n) is 14.3. The molecule has 0 fully saturated rings. The first kappa shape index (κ1) is 18.2. The largest absolute Gasteiger partial charge is 0.391 e. The fourth-order valence-electron chi connectivity index (χ4n) is 2.73. The van der Waals surface area contributed by atoms with Crippen LogP contribution in [-0.4, -0.2) is 23.2 Å². The minimum Gasteiger partial charge on any atom is -0.391 e. The molecule has 2 aromatic rings. The lowest BCUT2D eigenvalue weighted by Crippen LogP contribution is -2.37. The number of aliphatic hydroxyl groups is 1. The SMILES string of the molecule is Cc1cccc(C)c1NC(=O)CC[C@H](O)[C@@H](N)Cc1ccccc1. The first-order valence-corrected chi connectivity index (χ1v) is 8.31. The molecule has 1 amide bonds. The highest BCUT2D eigenvalue weighted by atomic mass is 16.3. The van der Waals surface area contributed by atoms with Gasteiger partial charge in [0.05, 0.1) is 6.10 Å². The third kappa shape index (κ3) is 5.18. The van der Waals surface area contributed by atoms with Crippen molar-refractivity contribution in [3.8, 4) is 0 Å². The Kier molecular flexibility index (Phi) is 6.53. The predicted octanol–water partition coefficient (Wildman–Crippen LogP) is 2.95. The lowest BCUT2D eigenvalue weighted by atomic mass is 9.99. The van der Waals surface area contributed by atoms with Gasteiger partial charge in [0.1, 0.15) is 0 Å². The number of hydrogen-bond donors (Lipinski definition) is 3. The zero-order chi connectivity index (χ0) is 17.5. The molecule has 0 heterocycles. The van der Waals surface area contributed by atoms with E-state index in [-0.39, 0.29) is 18.4 Å². The van der Waals surface area contributed by atoms with Crippen LogP contribution in [0.25, 0.3) is 0 Å². The van der Waals surface area contributed by atoms with E-state index in [2.05, 4.69) is 5.32 Å². The van der Waals surface area contributed by atoms with Crippen LogP contribution in [0.15, 0.2) is 48.5 Å². The molecule has 0 bridgehead atoms. The Hall–Kier alpha value is -2.17. The van der Waals surface area contributed by atoms with Crippen molar-refractivity contribution in [2.75, 3.05) is 5.32 Å². The second kappa shape index (κ2) is 8.62. The topological polar surface area (TPSA) is 75.3 Å². The molecule has 4 nitrogen and oxygen atoms in total. The lowest BCUT2D eigenvalue weighted by Gasteiger charge is -2.19. The molecule has 128 valence electrons. The highest BCUT2D eigenvalue weighted by molar-refractivity contribution is 5.92. The molecule has 2 atom stereocenters. The maximum atomic E-state index is 12.1. The molecule has 0 aromatic heterocycles. The number of anilines is 1. The number of carbonyl (C=O) groups is 1.